The molecule has 0 unspecified atom stereocenters. The highest BCUT2D eigenvalue weighted by Crippen LogP contribution is 2.36. The summed E-state index contributed by atoms with van der Waals surface area (Å²) in [6, 6.07) is 0. The Morgan fingerprint density at radius 1 is 1.06 bits per heavy atom. The van der Waals surface area contributed by atoms with E-state index in [2.05, 4.69) is 52.9 Å². The number of unbranched alkanes of at least 4 members (excludes halogenated alkanes) is 3. The van der Waals surface area contributed by atoms with Crippen molar-refractivity contribution in [1.82, 2.24) is 0 Å². The monoisotopic (exact) mass is 242 g/mol. The molecule has 0 aromatic heterocycles. The van der Waals surface area contributed by atoms with Gasteiger partial charge < -0.3 is 4.43 Å². The minimum atomic E-state index is -1.53. The first-order valence-electron chi connectivity index (χ1n) is 6.60. The molecule has 0 heterocycles. The van der Waals surface area contributed by atoms with E-state index in [1.165, 1.54) is 25.7 Å². The average Bonchev–Trinajstić information content (AvgIpc) is 2.14. The van der Waals surface area contributed by atoms with Crippen LogP contribution in [0.3, 0.4) is 0 Å². The van der Waals surface area contributed by atoms with Crippen molar-refractivity contribution in [2.24, 2.45) is 0 Å². The van der Waals surface area contributed by atoms with Gasteiger partial charge in [0.15, 0.2) is 8.32 Å². The number of rotatable bonds is 7. The van der Waals surface area contributed by atoms with Crippen molar-refractivity contribution in [2.75, 3.05) is 6.61 Å². The van der Waals surface area contributed by atoms with Gasteiger partial charge >= 0.3 is 0 Å². The van der Waals surface area contributed by atoms with Crippen LogP contribution in [0, 0.1) is 0 Å². The smallest absolute Gasteiger partial charge is 0.192 e. The Bertz CT molecular complexity index is 201. The van der Waals surface area contributed by atoms with Gasteiger partial charge in [0, 0.05) is 0 Å². The van der Waals surface area contributed by atoms with Gasteiger partial charge in [0.25, 0.3) is 0 Å². The van der Waals surface area contributed by atoms with Crippen LogP contribution in [0.25, 0.3) is 0 Å². The molecule has 0 aliphatic rings. The van der Waals surface area contributed by atoms with Crippen LogP contribution in [-0.2, 0) is 4.43 Å². The molecule has 0 aromatic rings. The molecule has 0 aliphatic carbocycles. The average molecular weight is 242 g/mol. The normalized spacial score (nSPS) is 13.6. The Labute approximate surface area is 103 Å². The molecule has 0 aliphatic heterocycles. The van der Waals surface area contributed by atoms with E-state index in [1.807, 2.05) is 0 Å². The predicted molar refractivity (Wildman–Crippen MR) is 76.4 cm³/mol. The van der Waals surface area contributed by atoms with Gasteiger partial charge in [-0.25, -0.2) is 0 Å². The van der Waals surface area contributed by atoms with Crippen molar-refractivity contribution in [3.05, 3.63) is 12.2 Å². The van der Waals surface area contributed by atoms with Crippen molar-refractivity contribution in [1.29, 1.82) is 0 Å². The van der Waals surface area contributed by atoms with Crippen molar-refractivity contribution < 1.29 is 4.43 Å². The molecule has 0 atom stereocenters. The molecule has 16 heavy (non-hydrogen) atoms. The molecule has 0 aromatic carbocycles. The maximum atomic E-state index is 6.05. The van der Waals surface area contributed by atoms with Gasteiger partial charge in [0.05, 0.1) is 6.61 Å². The molecule has 0 N–H and O–H groups in total. The lowest BCUT2D eigenvalue weighted by Gasteiger charge is -2.35. The van der Waals surface area contributed by atoms with Crippen LogP contribution in [0.15, 0.2) is 12.2 Å². The second-order valence-corrected chi connectivity index (χ2v) is 10.8. The largest absolute Gasteiger partial charge is 0.413 e. The van der Waals surface area contributed by atoms with Crippen LogP contribution in [-0.4, -0.2) is 14.9 Å². The van der Waals surface area contributed by atoms with E-state index in [0.29, 0.717) is 5.04 Å². The summed E-state index contributed by atoms with van der Waals surface area (Å²) in [4.78, 5) is 0. The molecule has 2 heteroatoms. The fraction of sp³-hybridized carbons (Fsp3) is 0.857. The van der Waals surface area contributed by atoms with Gasteiger partial charge in [-0.2, -0.15) is 0 Å². The van der Waals surface area contributed by atoms with Crippen LogP contribution in [0.2, 0.25) is 18.1 Å². The van der Waals surface area contributed by atoms with Crippen molar-refractivity contribution in [3.63, 3.8) is 0 Å². The lowest BCUT2D eigenvalue weighted by Crippen LogP contribution is -2.40. The second-order valence-electron chi connectivity index (χ2n) is 6.04. The highest BCUT2D eigenvalue weighted by Gasteiger charge is 2.36. The van der Waals surface area contributed by atoms with Crippen LogP contribution < -0.4 is 0 Å². The van der Waals surface area contributed by atoms with Gasteiger partial charge in [-0.15, -0.1) is 0 Å². The van der Waals surface area contributed by atoms with Gasteiger partial charge in [-0.05, 0) is 31.0 Å². The summed E-state index contributed by atoms with van der Waals surface area (Å²) in [5.41, 5.74) is 0. The summed E-state index contributed by atoms with van der Waals surface area (Å²) < 4.78 is 6.05. The van der Waals surface area contributed by atoms with Crippen LogP contribution in [0.1, 0.15) is 53.4 Å². The van der Waals surface area contributed by atoms with Gasteiger partial charge in [0.2, 0.25) is 0 Å². The SMILES string of the molecule is CCCCC/C=C\CO[Si](C)(C)C(C)(C)C. The minimum Gasteiger partial charge on any atom is -0.413 e. The molecule has 1 nitrogen and oxygen atoms in total. The second kappa shape index (κ2) is 7.28. The maximum absolute atomic E-state index is 6.05. The maximum Gasteiger partial charge on any atom is 0.192 e. The molecular formula is C14H30OSi. The van der Waals surface area contributed by atoms with E-state index < -0.39 is 8.32 Å². The third-order valence-corrected chi connectivity index (χ3v) is 7.99. The summed E-state index contributed by atoms with van der Waals surface area (Å²) in [7, 11) is -1.53. The zero-order valence-corrected chi connectivity index (χ0v) is 13.1. The Morgan fingerprint density at radius 2 is 1.69 bits per heavy atom. The molecule has 0 fully saturated rings. The third kappa shape index (κ3) is 6.49. The summed E-state index contributed by atoms with van der Waals surface area (Å²) in [6.07, 6.45) is 9.61. The molecule has 0 spiro atoms. The zero-order chi connectivity index (χ0) is 12.7. The quantitative estimate of drug-likeness (QED) is 0.341. The fourth-order valence-electron chi connectivity index (χ4n) is 1.17. The van der Waals surface area contributed by atoms with E-state index in [-0.39, 0.29) is 0 Å². The molecule has 0 rings (SSSR count). The molecule has 0 amide bonds. The van der Waals surface area contributed by atoms with E-state index >= 15 is 0 Å². The first-order chi connectivity index (χ1) is 7.31. The molecular weight excluding hydrogens is 212 g/mol. The van der Waals surface area contributed by atoms with Crippen molar-refractivity contribution in [2.45, 2.75) is 71.5 Å². The fourth-order valence-corrected chi connectivity index (χ4v) is 2.12. The third-order valence-electron chi connectivity index (χ3n) is 3.49. The molecule has 0 saturated carbocycles. The summed E-state index contributed by atoms with van der Waals surface area (Å²) in [6.45, 7) is 14.5. The lowest BCUT2D eigenvalue weighted by molar-refractivity contribution is 0.327. The summed E-state index contributed by atoms with van der Waals surface area (Å²) in [5.74, 6) is 0. The summed E-state index contributed by atoms with van der Waals surface area (Å²) in [5, 5.41) is 0.322. The van der Waals surface area contributed by atoms with Crippen LogP contribution >= 0.6 is 0 Å². The Kier molecular flexibility index (Phi) is 7.25. The Hall–Kier alpha value is -0.0831. The van der Waals surface area contributed by atoms with E-state index in [1.54, 1.807) is 0 Å². The zero-order valence-electron chi connectivity index (χ0n) is 12.1. The van der Waals surface area contributed by atoms with E-state index in [4.69, 9.17) is 4.43 Å². The standard InChI is InChI=1S/C14H30OSi/c1-7-8-9-10-11-12-13-15-16(5,6)14(2,3)4/h11-12H,7-10,13H2,1-6H3/b12-11-. The molecule has 0 saturated heterocycles. The molecule has 0 bridgehead atoms. The minimum absolute atomic E-state index is 0.322. The van der Waals surface area contributed by atoms with Crippen molar-refractivity contribution in [3.8, 4) is 0 Å². The van der Waals surface area contributed by atoms with Gasteiger partial charge in [-0.1, -0.05) is 52.7 Å². The van der Waals surface area contributed by atoms with Gasteiger partial charge in [0.1, 0.15) is 0 Å². The first kappa shape index (κ1) is 15.9. The molecule has 0 radical (unpaired) electrons. The molecule has 96 valence electrons. The van der Waals surface area contributed by atoms with Gasteiger partial charge in [-0.3, -0.25) is 0 Å². The Balaban J connectivity index is 3.73. The van der Waals surface area contributed by atoms with Crippen molar-refractivity contribution >= 4 is 8.32 Å². The van der Waals surface area contributed by atoms with Crippen LogP contribution in [0.4, 0.5) is 0 Å². The topological polar surface area (TPSA) is 9.23 Å². The van der Waals surface area contributed by atoms with Crippen LogP contribution in [0.5, 0.6) is 0 Å². The number of hydrogen-bond donors (Lipinski definition) is 0. The highest BCUT2D eigenvalue weighted by molar-refractivity contribution is 6.74. The predicted octanol–water partition coefficient (Wildman–Crippen LogP) is 5.14. The lowest BCUT2D eigenvalue weighted by atomic mass is 10.2. The highest BCUT2D eigenvalue weighted by atomic mass is 28.4. The van der Waals surface area contributed by atoms with E-state index in [0.717, 1.165) is 6.61 Å². The summed E-state index contributed by atoms with van der Waals surface area (Å²) >= 11 is 0. The number of hydrogen-bond acceptors (Lipinski definition) is 1. The number of allylic oxidation sites excluding steroid dienone is 1. The van der Waals surface area contributed by atoms with E-state index in [9.17, 15) is 0 Å². The first-order valence-corrected chi connectivity index (χ1v) is 9.51. The Morgan fingerprint density at radius 3 is 2.19 bits per heavy atom.